The standard InChI is InChI=1S/C18H20OS/c1-4-13-10-11-14(5-2)16(12-13)18(19)15-8-6-7-9-17(15)20-3/h6-12H,4-5H2,1-3H3. The zero-order valence-corrected chi connectivity index (χ0v) is 13.1. The monoisotopic (exact) mass is 284 g/mol. The summed E-state index contributed by atoms with van der Waals surface area (Å²) in [5, 5.41) is 0. The second kappa shape index (κ2) is 6.76. The highest BCUT2D eigenvalue weighted by Gasteiger charge is 2.16. The maximum Gasteiger partial charge on any atom is 0.194 e. The van der Waals surface area contributed by atoms with Crippen molar-refractivity contribution in [2.75, 3.05) is 6.26 Å². The lowest BCUT2D eigenvalue weighted by Crippen LogP contribution is -2.07. The normalized spacial score (nSPS) is 10.6. The average molecular weight is 284 g/mol. The summed E-state index contributed by atoms with van der Waals surface area (Å²) in [6, 6.07) is 14.1. The number of aryl methyl sites for hydroxylation is 2. The molecule has 0 radical (unpaired) electrons. The molecule has 2 aromatic carbocycles. The van der Waals surface area contributed by atoms with Crippen molar-refractivity contribution in [3.63, 3.8) is 0 Å². The van der Waals surface area contributed by atoms with Gasteiger partial charge in [0.25, 0.3) is 0 Å². The molecule has 0 atom stereocenters. The van der Waals surface area contributed by atoms with Crippen LogP contribution in [0.5, 0.6) is 0 Å². The van der Waals surface area contributed by atoms with Crippen molar-refractivity contribution in [3.05, 3.63) is 64.7 Å². The molecule has 0 spiro atoms. The fourth-order valence-corrected chi connectivity index (χ4v) is 2.94. The summed E-state index contributed by atoms with van der Waals surface area (Å²) in [5.41, 5.74) is 4.01. The van der Waals surface area contributed by atoms with Crippen molar-refractivity contribution in [2.45, 2.75) is 31.6 Å². The predicted molar refractivity (Wildman–Crippen MR) is 86.9 cm³/mol. The summed E-state index contributed by atoms with van der Waals surface area (Å²) in [4.78, 5) is 13.9. The average Bonchev–Trinajstić information content (AvgIpc) is 2.53. The van der Waals surface area contributed by atoms with E-state index in [4.69, 9.17) is 0 Å². The molecule has 0 saturated carbocycles. The smallest absolute Gasteiger partial charge is 0.194 e. The highest BCUT2D eigenvalue weighted by atomic mass is 32.2. The molecule has 0 aromatic heterocycles. The maximum atomic E-state index is 12.9. The summed E-state index contributed by atoms with van der Waals surface area (Å²) in [7, 11) is 0. The first-order chi connectivity index (χ1) is 9.71. The molecule has 20 heavy (non-hydrogen) atoms. The first-order valence-corrected chi connectivity index (χ1v) is 8.23. The molecule has 0 aliphatic rings. The molecule has 0 N–H and O–H groups in total. The fourth-order valence-electron chi connectivity index (χ4n) is 2.34. The second-order valence-corrected chi connectivity index (χ2v) is 5.58. The molecule has 0 unspecified atom stereocenters. The number of carbonyl (C=O) groups excluding carboxylic acids is 1. The van der Waals surface area contributed by atoms with Crippen LogP contribution in [0.4, 0.5) is 0 Å². The second-order valence-electron chi connectivity index (χ2n) is 4.73. The van der Waals surface area contributed by atoms with Gasteiger partial charge in [0.15, 0.2) is 5.78 Å². The lowest BCUT2D eigenvalue weighted by atomic mass is 9.94. The number of rotatable bonds is 5. The van der Waals surface area contributed by atoms with Gasteiger partial charge in [0.2, 0.25) is 0 Å². The third-order valence-electron chi connectivity index (χ3n) is 3.56. The van der Waals surface area contributed by atoms with Gasteiger partial charge in [-0.2, -0.15) is 0 Å². The number of carbonyl (C=O) groups is 1. The molecule has 0 saturated heterocycles. The topological polar surface area (TPSA) is 17.1 Å². The maximum absolute atomic E-state index is 12.9. The van der Waals surface area contributed by atoms with Crippen LogP contribution < -0.4 is 0 Å². The number of ketones is 1. The van der Waals surface area contributed by atoms with Gasteiger partial charge in [-0.3, -0.25) is 4.79 Å². The Hall–Kier alpha value is -1.54. The molecule has 2 aromatic rings. The molecule has 0 heterocycles. The molecule has 1 nitrogen and oxygen atoms in total. The van der Waals surface area contributed by atoms with Crippen LogP contribution in [0.15, 0.2) is 47.4 Å². The summed E-state index contributed by atoms with van der Waals surface area (Å²) < 4.78 is 0. The number of hydrogen-bond acceptors (Lipinski definition) is 2. The Kier molecular flexibility index (Phi) is 5.02. The molecule has 104 valence electrons. The molecular formula is C18H20OS. The van der Waals surface area contributed by atoms with Crippen LogP contribution in [-0.2, 0) is 12.8 Å². The van der Waals surface area contributed by atoms with Gasteiger partial charge in [0.05, 0.1) is 0 Å². The molecule has 0 bridgehead atoms. The molecule has 0 aliphatic heterocycles. The first kappa shape index (κ1) is 14.9. The zero-order chi connectivity index (χ0) is 14.5. The Morgan fingerprint density at radius 1 is 1.00 bits per heavy atom. The van der Waals surface area contributed by atoms with Crippen LogP contribution in [0, 0.1) is 0 Å². The van der Waals surface area contributed by atoms with Crippen molar-refractivity contribution < 1.29 is 4.79 Å². The Balaban J connectivity index is 2.52. The first-order valence-electron chi connectivity index (χ1n) is 7.00. The van der Waals surface area contributed by atoms with Crippen LogP contribution in [0.25, 0.3) is 0 Å². The van der Waals surface area contributed by atoms with E-state index < -0.39 is 0 Å². The van der Waals surface area contributed by atoms with E-state index in [1.807, 2.05) is 30.5 Å². The molecule has 2 rings (SSSR count). The summed E-state index contributed by atoms with van der Waals surface area (Å²) in [6.07, 6.45) is 3.84. The van der Waals surface area contributed by atoms with Crippen molar-refractivity contribution in [2.24, 2.45) is 0 Å². The van der Waals surface area contributed by atoms with E-state index >= 15 is 0 Å². The van der Waals surface area contributed by atoms with Crippen molar-refractivity contribution in [3.8, 4) is 0 Å². The third-order valence-corrected chi connectivity index (χ3v) is 4.36. The highest BCUT2D eigenvalue weighted by Crippen LogP contribution is 2.25. The van der Waals surface area contributed by atoms with E-state index in [2.05, 4.69) is 32.0 Å². The van der Waals surface area contributed by atoms with Crippen LogP contribution in [-0.4, -0.2) is 12.0 Å². The van der Waals surface area contributed by atoms with E-state index in [1.54, 1.807) is 11.8 Å². The van der Waals surface area contributed by atoms with Gasteiger partial charge in [-0.05, 0) is 48.4 Å². The highest BCUT2D eigenvalue weighted by molar-refractivity contribution is 7.98. The predicted octanol–water partition coefficient (Wildman–Crippen LogP) is 4.76. The zero-order valence-electron chi connectivity index (χ0n) is 12.3. The van der Waals surface area contributed by atoms with Gasteiger partial charge >= 0.3 is 0 Å². The van der Waals surface area contributed by atoms with Gasteiger partial charge in [-0.25, -0.2) is 0 Å². The van der Waals surface area contributed by atoms with Crippen molar-refractivity contribution >= 4 is 17.5 Å². The van der Waals surface area contributed by atoms with Gasteiger partial charge in [0, 0.05) is 16.0 Å². The van der Waals surface area contributed by atoms with Crippen LogP contribution >= 0.6 is 11.8 Å². The third kappa shape index (κ3) is 2.96. The molecule has 2 heteroatoms. The summed E-state index contributed by atoms with van der Waals surface area (Å²) in [5.74, 6) is 0.141. The van der Waals surface area contributed by atoms with Crippen molar-refractivity contribution in [1.82, 2.24) is 0 Å². The van der Waals surface area contributed by atoms with E-state index in [1.165, 1.54) is 5.56 Å². The molecule has 0 aliphatic carbocycles. The minimum Gasteiger partial charge on any atom is -0.289 e. The molecule has 0 amide bonds. The van der Waals surface area contributed by atoms with Crippen LogP contribution in [0.2, 0.25) is 0 Å². The van der Waals surface area contributed by atoms with E-state index in [-0.39, 0.29) is 5.78 Å². The minimum atomic E-state index is 0.141. The van der Waals surface area contributed by atoms with Gasteiger partial charge < -0.3 is 0 Å². The van der Waals surface area contributed by atoms with E-state index in [0.29, 0.717) is 0 Å². The van der Waals surface area contributed by atoms with Crippen molar-refractivity contribution in [1.29, 1.82) is 0 Å². The lowest BCUT2D eigenvalue weighted by molar-refractivity contribution is 0.103. The van der Waals surface area contributed by atoms with Gasteiger partial charge in [0.1, 0.15) is 0 Å². The summed E-state index contributed by atoms with van der Waals surface area (Å²) >= 11 is 1.62. The minimum absolute atomic E-state index is 0.141. The Bertz CT molecular complexity index is 617. The van der Waals surface area contributed by atoms with Gasteiger partial charge in [-0.1, -0.05) is 38.1 Å². The Morgan fingerprint density at radius 3 is 2.40 bits per heavy atom. The number of benzene rings is 2. The SMILES string of the molecule is CCc1ccc(CC)c(C(=O)c2ccccc2SC)c1. The van der Waals surface area contributed by atoms with E-state index in [0.717, 1.165) is 34.4 Å². The fraction of sp³-hybridized carbons (Fsp3) is 0.278. The van der Waals surface area contributed by atoms with E-state index in [9.17, 15) is 4.79 Å². The Labute approximate surface area is 125 Å². The quantitative estimate of drug-likeness (QED) is 0.581. The summed E-state index contributed by atoms with van der Waals surface area (Å²) in [6.45, 7) is 4.21. The van der Waals surface area contributed by atoms with Crippen LogP contribution in [0.1, 0.15) is 40.9 Å². The largest absolute Gasteiger partial charge is 0.289 e. The number of hydrogen-bond donors (Lipinski definition) is 0. The van der Waals surface area contributed by atoms with Crippen LogP contribution in [0.3, 0.4) is 0 Å². The lowest BCUT2D eigenvalue weighted by Gasteiger charge is -2.11. The Morgan fingerprint density at radius 2 is 1.75 bits per heavy atom. The molecule has 0 fully saturated rings. The number of thioether (sulfide) groups is 1. The molecular weight excluding hydrogens is 264 g/mol. The van der Waals surface area contributed by atoms with Gasteiger partial charge in [-0.15, -0.1) is 11.8 Å².